The Labute approximate surface area is 128 Å². The minimum absolute atomic E-state index is 0.297. The van der Waals surface area contributed by atoms with Gasteiger partial charge in [0, 0.05) is 11.9 Å². The Morgan fingerprint density at radius 1 is 1.27 bits per heavy atom. The molecule has 22 heavy (non-hydrogen) atoms. The molecule has 0 fully saturated rings. The smallest absolute Gasteiger partial charge is 0.327 e. The zero-order valence-corrected chi connectivity index (χ0v) is 12.2. The van der Waals surface area contributed by atoms with E-state index in [1.165, 1.54) is 7.11 Å². The number of carbonyl (C=O) groups excluding carboxylic acids is 1. The van der Waals surface area contributed by atoms with Crippen molar-refractivity contribution in [1.29, 1.82) is 0 Å². The average Bonchev–Trinajstić information content (AvgIpc) is 3.03. The summed E-state index contributed by atoms with van der Waals surface area (Å²) in [4.78, 5) is 12.0. The molecule has 0 aliphatic carbocycles. The van der Waals surface area contributed by atoms with Crippen LogP contribution in [0.2, 0.25) is 0 Å². The van der Waals surface area contributed by atoms with Crippen molar-refractivity contribution in [3.05, 3.63) is 65.9 Å². The highest BCUT2D eigenvalue weighted by atomic mass is 16.5. The number of benzene rings is 2. The second-order valence-corrected chi connectivity index (χ2v) is 5.04. The quantitative estimate of drug-likeness (QED) is 0.710. The van der Waals surface area contributed by atoms with Gasteiger partial charge in [-0.05, 0) is 17.2 Å². The molecule has 3 aromatic rings. The number of carbonyl (C=O) groups is 1. The zero-order valence-electron chi connectivity index (χ0n) is 12.2. The largest absolute Gasteiger partial charge is 0.468 e. The molecule has 0 spiro atoms. The molecule has 5 heteroatoms. The van der Waals surface area contributed by atoms with E-state index in [1.54, 1.807) is 6.20 Å². The molecule has 5 nitrogen and oxygen atoms in total. The molecule has 0 aliphatic rings. The molecule has 1 heterocycles. The molecule has 112 valence electrons. The lowest BCUT2D eigenvalue weighted by atomic mass is 10.1. The molecule has 0 unspecified atom stereocenters. The van der Waals surface area contributed by atoms with Gasteiger partial charge in [-0.1, -0.05) is 42.5 Å². The number of methoxy groups -OCH3 is 1. The number of aromatic nitrogens is 2. The number of esters is 1. The molecule has 0 aliphatic heterocycles. The molecule has 1 atom stereocenters. The molecular weight excluding hydrogens is 278 g/mol. The number of nitrogens with one attached hydrogen (secondary N) is 2. The first-order valence-corrected chi connectivity index (χ1v) is 7.06. The highest BCUT2D eigenvalue weighted by molar-refractivity contribution is 5.79. The Bertz CT molecular complexity index is 768. The third-order valence-corrected chi connectivity index (χ3v) is 3.59. The van der Waals surface area contributed by atoms with E-state index in [4.69, 9.17) is 4.74 Å². The van der Waals surface area contributed by atoms with Crippen molar-refractivity contribution in [2.45, 2.75) is 12.6 Å². The minimum atomic E-state index is -0.483. The highest BCUT2D eigenvalue weighted by Crippen LogP contribution is 2.17. The van der Waals surface area contributed by atoms with Crippen molar-refractivity contribution < 1.29 is 9.53 Å². The molecule has 0 bridgehead atoms. The number of hydrogen-bond acceptors (Lipinski definition) is 4. The Morgan fingerprint density at radius 3 is 2.86 bits per heavy atom. The van der Waals surface area contributed by atoms with Gasteiger partial charge in [-0.2, -0.15) is 5.10 Å². The second-order valence-electron chi connectivity index (χ2n) is 5.04. The predicted molar refractivity (Wildman–Crippen MR) is 84.1 cm³/mol. The van der Waals surface area contributed by atoms with Crippen molar-refractivity contribution in [2.24, 2.45) is 0 Å². The van der Waals surface area contributed by atoms with E-state index in [9.17, 15) is 4.79 Å². The number of nitrogens with zero attached hydrogens (tertiary/aromatic N) is 1. The third-order valence-electron chi connectivity index (χ3n) is 3.59. The van der Waals surface area contributed by atoms with E-state index >= 15 is 0 Å². The first kappa shape index (κ1) is 14.3. The lowest BCUT2D eigenvalue weighted by Crippen LogP contribution is -2.29. The maximum absolute atomic E-state index is 12.0. The van der Waals surface area contributed by atoms with Crippen molar-refractivity contribution in [3.8, 4) is 0 Å². The molecular formula is C17H17N3O2. The number of hydrogen-bond donors (Lipinski definition) is 2. The molecule has 0 saturated heterocycles. The fourth-order valence-electron chi connectivity index (χ4n) is 2.41. The van der Waals surface area contributed by atoms with Gasteiger partial charge >= 0.3 is 5.97 Å². The molecule has 2 N–H and O–H groups in total. The summed E-state index contributed by atoms with van der Waals surface area (Å²) in [5, 5.41) is 11.3. The number of aromatic amines is 1. The normalized spacial score (nSPS) is 12.2. The summed E-state index contributed by atoms with van der Waals surface area (Å²) in [6, 6.07) is 15.1. The summed E-state index contributed by atoms with van der Waals surface area (Å²) in [7, 11) is 1.40. The van der Waals surface area contributed by atoms with Crippen molar-refractivity contribution in [3.63, 3.8) is 0 Å². The Hall–Kier alpha value is -2.66. The standard InChI is InChI=1S/C17H17N3O2/c1-22-17(21)16(13-5-3-2-4-6-13)18-10-12-7-8-14-11-19-20-15(14)9-12/h2-9,11,16,18H,10H2,1H3,(H,19,20)/t16-/m0/s1. The van der Waals surface area contributed by atoms with Gasteiger partial charge < -0.3 is 4.74 Å². The summed E-state index contributed by atoms with van der Waals surface area (Å²) in [6.07, 6.45) is 1.79. The predicted octanol–water partition coefficient (Wildman–Crippen LogP) is 2.57. The van der Waals surface area contributed by atoms with Crippen LogP contribution in [-0.2, 0) is 16.1 Å². The van der Waals surface area contributed by atoms with Gasteiger partial charge in [0.2, 0.25) is 0 Å². The molecule has 3 rings (SSSR count). The number of rotatable bonds is 5. The summed E-state index contributed by atoms with van der Waals surface area (Å²) in [5.41, 5.74) is 2.94. The third kappa shape index (κ3) is 2.99. The molecule has 0 amide bonds. The first-order valence-electron chi connectivity index (χ1n) is 7.06. The lowest BCUT2D eigenvalue weighted by Gasteiger charge is -2.17. The van der Waals surface area contributed by atoms with Gasteiger partial charge in [0.1, 0.15) is 6.04 Å². The van der Waals surface area contributed by atoms with Crippen LogP contribution in [0.1, 0.15) is 17.2 Å². The number of H-pyrrole nitrogens is 1. The highest BCUT2D eigenvalue weighted by Gasteiger charge is 2.20. The van der Waals surface area contributed by atoms with Gasteiger partial charge in [-0.3, -0.25) is 10.4 Å². The minimum Gasteiger partial charge on any atom is -0.468 e. The monoisotopic (exact) mass is 295 g/mol. The van der Waals surface area contributed by atoms with Gasteiger partial charge in [0.25, 0.3) is 0 Å². The maximum Gasteiger partial charge on any atom is 0.327 e. The summed E-state index contributed by atoms with van der Waals surface area (Å²) in [5.74, 6) is -0.297. The van der Waals surface area contributed by atoms with Crippen LogP contribution in [0.4, 0.5) is 0 Å². The van der Waals surface area contributed by atoms with Crippen LogP contribution in [0.15, 0.2) is 54.7 Å². The fourth-order valence-corrected chi connectivity index (χ4v) is 2.41. The first-order chi connectivity index (χ1) is 10.8. The van der Waals surface area contributed by atoms with Gasteiger partial charge in [-0.25, -0.2) is 4.79 Å². The van der Waals surface area contributed by atoms with Crippen molar-refractivity contribution in [1.82, 2.24) is 15.5 Å². The van der Waals surface area contributed by atoms with Crippen LogP contribution in [0, 0.1) is 0 Å². The van der Waals surface area contributed by atoms with Crippen molar-refractivity contribution in [2.75, 3.05) is 7.11 Å². The maximum atomic E-state index is 12.0. The van der Waals surface area contributed by atoms with Crippen LogP contribution in [0.5, 0.6) is 0 Å². The SMILES string of the molecule is COC(=O)[C@@H](NCc1ccc2cn[nH]c2c1)c1ccccc1. The van der Waals surface area contributed by atoms with Gasteiger partial charge in [0.05, 0.1) is 18.8 Å². The van der Waals surface area contributed by atoms with Gasteiger partial charge in [0.15, 0.2) is 0 Å². The molecule has 1 aromatic heterocycles. The van der Waals surface area contributed by atoms with Crippen LogP contribution in [-0.4, -0.2) is 23.3 Å². The molecule has 2 aromatic carbocycles. The van der Waals surface area contributed by atoms with Crippen LogP contribution >= 0.6 is 0 Å². The fraction of sp³-hybridized carbons (Fsp3) is 0.176. The molecule has 0 saturated carbocycles. The molecule has 0 radical (unpaired) electrons. The Kier molecular flexibility index (Phi) is 4.16. The lowest BCUT2D eigenvalue weighted by molar-refractivity contribution is -0.143. The van der Waals surface area contributed by atoms with Crippen LogP contribution in [0.25, 0.3) is 10.9 Å². The Balaban J connectivity index is 1.77. The summed E-state index contributed by atoms with van der Waals surface area (Å²) < 4.78 is 4.90. The summed E-state index contributed by atoms with van der Waals surface area (Å²) in [6.45, 7) is 0.559. The Morgan fingerprint density at radius 2 is 2.09 bits per heavy atom. The van der Waals surface area contributed by atoms with Crippen LogP contribution in [0.3, 0.4) is 0 Å². The van der Waals surface area contributed by atoms with E-state index in [0.717, 1.165) is 22.0 Å². The van der Waals surface area contributed by atoms with E-state index in [-0.39, 0.29) is 5.97 Å². The van der Waals surface area contributed by atoms with Crippen molar-refractivity contribution >= 4 is 16.9 Å². The van der Waals surface area contributed by atoms with E-state index in [1.807, 2.05) is 48.5 Å². The number of fused-ring (bicyclic) bond motifs is 1. The van der Waals surface area contributed by atoms with Gasteiger partial charge in [-0.15, -0.1) is 0 Å². The van der Waals surface area contributed by atoms with E-state index in [2.05, 4.69) is 15.5 Å². The second kappa shape index (κ2) is 6.41. The van der Waals surface area contributed by atoms with E-state index in [0.29, 0.717) is 6.54 Å². The average molecular weight is 295 g/mol. The topological polar surface area (TPSA) is 67.0 Å². The summed E-state index contributed by atoms with van der Waals surface area (Å²) >= 11 is 0. The zero-order chi connectivity index (χ0) is 15.4. The van der Waals surface area contributed by atoms with Crippen LogP contribution < -0.4 is 5.32 Å². The van der Waals surface area contributed by atoms with E-state index < -0.39 is 6.04 Å². The number of ether oxygens (including phenoxy) is 1.